The van der Waals surface area contributed by atoms with Crippen molar-refractivity contribution < 1.29 is 23.8 Å². The molecule has 0 saturated heterocycles. The Morgan fingerprint density at radius 3 is 2.34 bits per heavy atom. The van der Waals surface area contributed by atoms with Crippen LogP contribution in [0.2, 0.25) is 5.02 Å². The van der Waals surface area contributed by atoms with Crippen LogP contribution in [0.4, 0.5) is 0 Å². The molecule has 0 saturated carbocycles. The molecule has 7 heteroatoms. The summed E-state index contributed by atoms with van der Waals surface area (Å²) in [6.07, 6.45) is 0. The highest BCUT2D eigenvalue weighted by Gasteiger charge is 2.35. The Morgan fingerprint density at radius 1 is 1.00 bits per heavy atom. The minimum Gasteiger partial charge on any atom is -0.466 e. The summed E-state index contributed by atoms with van der Waals surface area (Å²) in [5.74, 6) is -1.10. The van der Waals surface area contributed by atoms with Gasteiger partial charge in [0.05, 0.1) is 44.6 Å². The van der Waals surface area contributed by atoms with E-state index < -0.39 is 11.9 Å². The van der Waals surface area contributed by atoms with Crippen LogP contribution in [-0.2, 0) is 37.0 Å². The average molecular weight is 456 g/mol. The summed E-state index contributed by atoms with van der Waals surface area (Å²) >= 11 is 6.33. The monoisotopic (exact) mass is 455 g/mol. The first kappa shape index (κ1) is 23.6. The van der Waals surface area contributed by atoms with Crippen LogP contribution in [0.5, 0.6) is 0 Å². The standard InChI is InChI=1S/C25H26ClNO5/c1-15-21(24(28)30-3)23(22(16(2)27-15)25(29)31-4)20-12-19(26)11-10-18(20)14-32-13-17-8-6-5-7-9-17/h5-12,15,27H,13-14H2,1-4H3. The maximum atomic E-state index is 12.8. The van der Waals surface area contributed by atoms with Gasteiger partial charge in [-0.2, -0.15) is 0 Å². The van der Waals surface area contributed by atoms with Gasteiger partial charge < -0.3 is 19.5 Å². The Kier molecular flexibility index (Phi) is 7.72. The van der Waals surface area contributed by atoms with Crippen molar-refractivity contribution in [2.75, 3.05) is 14.2 Å². The van der Waals surface area contributed by atoms with Crippen molar-refractivity contribution in [3.8, 4) is 0 Å². The zero-order valence-electron chi connectivity index (χ0n) is 18.5. The second kappa shape index (κ2) is 10.5. The number of carbonyl (C=O) groups is 2. The first-order valence-electron chi connectivity index (χ1n) is 10.2. The maximum absolute atomic E-state index is 12.8. The lowest BCUT2D eigenvalue weighted by Crippen LogP contribution is -2.37. The quantitative estimate of drug-likeness (QED) is 0.623. The number of nitrogens with one attached hydrogen (secondary N) is 1. The van der Waals surface area contributed by atoms with Gasteiger partial charge in [-0.1, -0.05) is 48.0 Å². The van der Waals surface area contributed by atoms with Gasteiger partial charge in [0.2, 0.25) is 0 Å². The van der Waals surface area contributed by atoms with Crippen LogP contribution >= 0.6 is 11.6 Å². The molecular formula is C25H26ClNO5. The van der Waals surface area contributed by atoms with E-state index in [1.165, 1.54) is 14.2 Å². The first-order chi connectivity index (χ1) is 15.4. The van der Waals surface area contributed by atoms with Crippen LogP contribution in [0, 0.1) is 0 Å². The van der Waals surface area contributed by atoms with E-state index in [1.807, 2.05) is 43.3 Å². The second-order valence-electron chi connectivity index (χ2n) is 7.42. The average Bonchev–Trinajstić information content (AvgIpc) is 2.79. The van der Waals surface area contributed by atoms with Crippen molar-refractivity contribution in [2.45, 2.75) is 33.1 Å². The van der Waals surface area contributed by atoms with Crippen LogP contribution in [-0.4, -0.2) is 32.2 Å². The van der Waals surface area contributed by atoms with Crippen molar-refractivity contribution in [1.82, 2.24) is 5.32 Å². The summed E-state index contributed by atoms with van der Waals surface area (Å²) in [5, 5.41) is 3.63. The third kappa shape index (κ3) is 5.03. The number of esters is 2. The molecule has 0 bridgehead atoms. The van der Waals surface area contributed by atoms with E-state index in [0.717, 1.165) is 11.1 Å². The van der Waals surface area contributed by atoms with Gasteiger partial charge in [-0.05, 0) is 42.7 Å². The van der Waals surface area contributed by atoms with Gasteiger partial charge in [-0.15, -0.1) is 0 Å². The van der Waals surface area contributed by atoms with Gasteiger partial charge in [0.1, 0.15) is 0 Å². The van der Waals surface area contributed by atoms with Crippen LogP contribution in [0.3, 0.4) is 0 Å². The topological polar surface area (TPSA) is 73.9 Å². The Morgan fingerprint density at radius 2 is 1.69 bits per heavy atom. The molecule has 1 atom stereocenters. The van der Waals surface area contributed by atoms with E-state index in [9.17, 15) is 9.59 Å². The van der Waals surface area contributed by atoms with Gasteiger partial charge in [-0.25, -0.2) is 9.59 Å². The lowest BCUT2D eigenvalue weighted by atomic mass is 9.84. The second-order valence-corrected chi connectivity index (χ2v) is 7.85. The molecule has 2 aromatic carbocycles. The van der Waals surface area contributed by atoms with Crippen LogP contribution < -0.4 is 5.32 Å². The molecule has 1 aliphatic heterocycles. The normalized spacial score (nSPS) is 16.0. The van der Waals surface area contributed by atoms with Crippen molar-refractivity contribution in [2.24, 2.45) is 0 Å². The molecule has 2 aromatic rings. The number of ether oxygens (including phenoxy) is 3. The number of carbonyl (C=O) groups excluding carboxylic acids is 2. The van der Waals surface area contributed by atoms with Gasteiger partial charge >= 0.3 is 11.9 Å². The summed E-state index contributed by atoms with van der Waals surface area (Å²) < 4.78 is 16.0. The number of halogens is 1. The number of benzene rings is 2. The van der Waals surface area contributed by atoms with E-state index in [-0.39, 0.29) is 18.2 Å². The number of allylic oxidation sites excluding steroid dienone is 1. The number of hydrogen-bond donors (Lipinski definition) is 1. The smallest absolute Gasteiger partial charge is 0.340 e. The van der Waals surface area contributed by atoms with E-state index in [0.29, 0.717) is 34.0 Å². The molecule has 1 N–H and O–H groups in total. The summed E-state index contributed by atoms with van der Waals surface area (Å²) in [4.78, 5) is 25.5. The molecule has 1 heterocycles. The minimum absolute atomic E-state index is 0.259. The molecule has 0 aliphatic carbocycles. The van der Waals surface area contributed by atoms with Crippen molar-refractivity contribution in [3.05, 3.63) is 87.1 Å². The Hall–Kier alpha value is -3.09. The van der Waals surface area contributed by atoms with E-state index >= 15 is 0 Å². The zero-order valence-corrected chi connectivity index (χ0v) is 19.3. The molecule has 0 spiro atoms. The highest BCUT2D eigenvalue weighted by Crippen LogP contribution is 2.38. The highest BCUT2D eigenvalue weighted by molar-refractivity contribution is 6.31. The van der Waals surface area contributed by atoms with Gasteiger partial charge in [0, 0.05) is 16.3 Å². The number of hydrogen-bond acceptors (Lipinski definition) is 6. The summed E-state index contributed by atoms with van der Waals surface area (Å²) in [5.41, 5.74) is 4.07. The minimum atomic E-state index is -0.561. The molecule has 6 nitrogen and oxygen atoms in total. The lowest BCUT2D eigenvalue weighted by Gasteiger charge is -2.30. The summed E-state index contributed by atoms with van der Waals surface area (Å²) in [7, 11) is 2.61. The molecule has 0 radical (unpaired) electrons. The Labute approximate surface area is 192 Å². The molecule has 32 heavy (non-hydrogen) atoms. The predicted octanol–water partition coefficient (Wildman–Crippen LogP) is 4.42. The highest BCUT2D eigenvalue weighted by atomic mass is 35.5. The summed E-state index contributed by atoms with van der Waals surface area (Å²) in [6, 6.07) is 14.7. The third-order valence-electron chi connectivity index (χ3n) is 5.27. The molecule has 168 valence electrons. The molecule has 1 unspecified atom stereocenters. The number of rotatable bonds is 7. The van der Waals surface area contributed by atoms with Crippen LogP contribution in [0.15, 0.2) is 65.4 Å². The van der Waals surface area contributed by atoms with Crippen molar-refractivity contribution in [3.63, 3.8) is 0 Å². The first-order valence-corrected chi connectivity index (χ1v) is 10.5. The Bertz CT molecular complexity index is 1070. The van der Waals surface area contributed by atoms with Gasteiger partial charge in [-0.3, -0.25) is 0 Å². The largest absolute Gasteiger partial charge is 0.466 e. The molecule has 0 fully saturated rings. The molecular weight excluding hydrogens is 430 g/mol. The van der Waals surface area contributed by atoms with E-state index in [2.05, 4.69) is 5.32 Å². The van der Waals surface area contributed by atoms with E-state index in [1.54, 1.807) is 19.1 Å². The number of methoxy groups -OCH3 is 2. The molecule has 1 aliphatic rings. The molecule has 0 aromatic heterocycles. The fourth-order valence-corrected chi connectivity index (χ4v) is 3.97. The maximum Gasteiger partial charge on any atom is 0.340 e. The van der Waals surface area contributed by atoms with Crippen LogP contribution in [0.1, 0.15) is 30.5 Å². The van der Waals surface area contributed by atoms with Crippen LogP contribution in [0.25, 0.3) is 5.57 Å². The summed E-state index contributed by atoms with van der Waals surface area (Å²) in [6.45, 7) is 4.28. The lowest BCUT2D eigenvalue weighted by molar-refractivity contribution is -0.136. The molecule has 0 amide bonds. The van der Waals surface area contributed by atoms with Crippen molar-refractivity contribution >= 4 is 29.1 Å². The zero-order chi connectivity index (χ0) is 23.3. The number of dihydropyridines is 1. The van der Waals surface area contributed by atoms with E-state index in [4.69, 9.17) is 25.8 Å². The predicted molar refractivity (Wildman–Crippen MR) is 123 cm³/mol. The van der Waals surface area contributed by atoms with Crippen molar-refractivity contribution in [1.29, 1.82) is 0 Å². The van der Waals surface area contributed by atoms with Gasteiger partial charge in [0.25, 0.3) is 0 Å². The fourth-order valence-electron chi connectivity index (χ4n) is 3.79. The molecule has 3 rings (SSSR count). The third-order valence-corrected chi connectivity index (χ3v) is 5.50. The SMILES string of the molecule is COC(=O)C1=C(C)NC(C)C(C(=O)OC)=C1c1cc(Cl)ccc1COCc1ccccc1. The Balaban J connectivity index is 2.11. The van der Waals surface area contributed by atoms with Gasteiger partial charge in [0.15, 0.2) is 0 Å². The fraction of sp³-hybridized carbons (Fsp3) is 0.280.